The van der Waals surface area contributed by atoms with E-state index in [1.54, 1.807) is 0 Å². The van der Waals surface area contributed by atoms with Gasteiger partial charge in [-0.3, -0.25) is 0 Å². The van der Waals surface area contributed by atoms with E-state index in [2.05, 4.69) is 0 Å². The van der Waals surface area contributed by atoms with Crippen molar-refractivity contribution >= 4 is 0 Å². The second-order valence-electron chi connectivity index (χ2n) is 5.45. The van der Waals surface area contributed by atoms with Gasteiger partial charge < -0.3 is 50.0 Å². The summed E-state index contributed by atoms with van der Waals surface area (Å²) in [4.78, 5) is 0. The van der Waals surface area contributed by atoms with Gasteiger partial charge in [0.15, 0.2) is 12.6 Å². The SMILES string of the molecule is OC[C@H]1O[C@H](OC[C@H]2O[C@H](O)C[C@@H](O)[C@@H]2O)[C@@H](O)[C@@H](O)[C@@H]1O. The minimum atomic E-state index is -1.58. The Hall–Kier alpha value is -0.400. The Morgan fingerprint density at radius 1 is 0.818 bits per heavy atom. The predicted molar refractivity (Wildman–Crippen MR) is 67.2 cm³/mol. The van der Waals surface area contributed by atoms with Gasteiger partial charge in [-0.05, 0) is 0 Å². The number of hydrogen-bond acceptors (Lipinski definition) is 10. The Morgan fingerprint density at radius 3 is 2.14 bits per heavy atom. The number of ether oxygens (including phenoxy) is 3. The number of rotatable bonds is 4. The van der Waals surface area contributed by atoms with Crippen molar-refractivity contribution in [1.29, 1.82) is 0 Å². The minimum Gasteiger partial charge on any atom is -0.394 e. The molecule has 0 amide bonds. The molecule has 2 heterocycles. The van der Waals surface area contributed by atoms with E-state index in [9.17, 15) is 30.6 Å². The van der Waals surface area contributed by atoms with Crippen LogP contribution in [0.3, 0.4) is 0 Å². The van der Waals surface area contributed by atoms with Gasteiger partial charge in [0, 0.05) is 6.42 Å². The van der Waals surface area contributed by atoms with Crippen LogP contribution in [0.2, 0.25) is 0 Å². The van der Waals surface area contributed by atoms with E-state index in [1.807, 2.05) is 0 Å². The maximum Gasteiger partial charge on any atom is 0.186 e. The maximum absolute atomic E-state index is 9.78. The summed E-state index contributed by atoms with van der Waals surface area (Å²) in [5.74, 6) is 0. The Balaban J connectivity index is 1.92. The average Bonchev–Trinajstić information content (AvgIpc) is 2.48. The molecule has 0 bridgehead atoms. The molecule has 130 valence electrons. The Morgan fingerprint density at radius 2 is 1.50 bits per heavy atom. The highest BCUT2D eigenvalue weighted by Gasteiger charge is 2.45. The average molecular weight is 326 g/mol. The van der Waals surface area contributed by atoms with Crippen molar-refractivity contribution in [3.05, 3.63) is 0 Å². The van der Waals surface area contributed by atoms with Crippen LogP contribution >= 0.6 is 0 Å². The molecule has 2 fully saturated rings. The van der Waals surface area contributed by atoms with Crippen LogP contribution in [-0.4, -0.2) is 104 Å². The third-order valence-corrected chi connectivity index (χ3v) is 3.82. The lowest BCUT2D eigenvalue weighted by Crippen LogP contribution is -2.60. The van der Waals surface area contributed by atoms with Gasteiger partial charge in [0.2, 0.25) is 0 Å². The van der Waals surface area contributed by atoms with Crippen LogP contribution in [0.5, 0.6) is 0 Å². The van der Waals surface area contributed by atoms with Gasteiger partial charge in [-0.2, -0.15) is 0 Å². The van der Waals surface area contributed by atoms with Crippen molar-refractivity contribution in [3.63, 3.8) is 0 Å². The van der Waals surface area contributed by atoms with Gasteiger partial charge in [-0.15, -0.1) is 0 Å². The van der Waals surface area contributed by atoms with E-state index in [1.165, 1.54) is 0 Å². The largest absolute Gasteiger partial charge is 0.394 e. The van der Waals surface area contributed by atoms with E-state index in [-0.39, 0.29) is 13.0 Å². The lowest BCUT2D eigenvalue weighted by molar-refractivity contribution is -0.316. The topological polar surface area (TPSA) is 169 Å². The molecule has 9 atom stereocenters. The van der Waals surface area contributed by atoms with Gasteiger partial charge in [0.1, 0.15) is 36.6 Å². The lowest BCUT2D eigenvalue weighted by Gasteiger charge is -2.41. The summed E-state index contributed by atoms with van der Waals surface area (Å²) in [7, 11) is 0. The van der Waals surface area contributed by atoms with Crippen molar-refractivity contribution in [2.24, 2.45) is 0 Å². The van der Waals surface area contributed by atoms with Crippen LogP contribution in [0.1, 0.15) is 6.42 Å². The fraction of sp³-hybridized carbons (Fsp3) is 1.00. The first-order valence-corrected chi connectivity index (χ1v) is 6.97. The monoisotopic (exact) mass is 326 g/mol. The van der Waals surface area contributed by atoms with Crippen molar-refractivity contribution in [2.75, 3.05) is 13.2 Å². The second-order valence-corrected chi connectivity index (χ2v) is 5.45. The summed E-state index contributed by atoms with van der Waals surface area (Å²) < 4.78 is 15.3. The smallest absolute Gasteiger partial charge is 0.186 e. The third-order valence-electron chi connectivity index (χ3n) is 3.82. The molecule has 0 aromatic carbocycles. The highest BCUT2D eigenvalue weighted by Crippen LogP contribution is 2.24. The molecule has 10 heteroatoms. The van der Waals surface area contributed by atoms with E-state index >= 15 is 0 Å². The highest BCUT2D eigenvalue weighted by atomic mass is 16.7. The van der Waals surface area contributed by atoms with Crippen molar-refractivity contribution < 1.29 is 50.0 Å². The number of aliphatic hydroxyl groups excluding tert-OH is 7. The fourth-order valence-corrected chi connectivity index (χ4v) is 2.46. The first-order valence-electron chi connectivity index (χ1n) is 6.97. The molecule has 22 heavy (non-hydrogen) atoms. The molecule has 2 rings (SSSR count). The molecular weight excluding hydrogens is 304 g/mol. The van der Waals surface area contributed by atoms with Crippen LogP contribution in [0.4, 0.5) is 0 Å². The van der Waals surface area contributed by atoms with Crippen LogP contribution in [0.15, 0.2) is 0 Å². The van der Waals surface area contributed by atoms with E-state index in [0.29, 0.717) is 0 Å². The number of aliphatic hydroxyl groups is 7. The molecule has 7 N–H and O–H groups in total. The highest BCUT2D eigenvalue weighted by molar-refractivity contribution is 4.89. The van der Waals surface area contributed by atoms with Gasteiger partial charge in [-0.1, -0.05) is 0 Å². The van der Waals surface area contributed by atoms with Gasteiger partial charge in [0.25, 0.3) is 0 Å². The zero-order chi connectivity index (χ0) is 16.4. The molecule has 0 radical (unpaired) electrons. The zero-order valence-corrected chi connectivity index (χ0v) is 11.7. The summed E-state index contributed by atoms with van der Waals surface area (Å²) in [6.45, 7) is -0.942. The second kappa shape index (κ2) is 7.45. The van der Waals surface area contributed by atoms with Gasteiger partial charge in [-0.25, -0.2) is 0 Å². The maximum atomic E-state index is 9.78. The molecule has 2 saturated heterocycles. The van der Waals surface area contributed by atoms with Crippen LogP contribution < -0.4 is 0 Å². The summed E-state index contributed by atoms with van der Waals surface area (Å²) in [6.07, 6.45) is -12.1. The molecule has 0 aromatic rings. The number of hydrogen-bond donors (Lipinski definition) is 7. The summed E-state index contributed by atoms with van der Waals surface area (Å²) in [5, 5.41) is 66.7. The summed E-state index contributed by atoms with van der Waals surface area (Å²) >= 11 is 0. The minimum absolute atomic E-state index is 0.141. The lowest BCUT2D eigenvalue weighted by atomic mass is 9.99. The molecule has 2 aliphatic heterocycles. The normalized spacial score (nSPS) is 50.0. The van der Waals surface area contributed by atoms with E-state index < -0.39 is 61.9 Å². The van der Waals surface area contributed by atoms with E-state index in [4.69, 9.17) is 19.3 Å². The standard InChI is InChI=1S/C12H22O10/c13-2-5-9(17)10(18)11(19)12(22-5)20-3-6-8(16)4(14)1-7(15)21-6/h4-19H,1-3H2/t4-,5-,6-,7+,8+,9-,10+,11+,12+/m1/s1. The molecule has 0 saturated carbocycles. The molecule has 0 spiro atoms. The summed E-state index contributed by atoms with van der Waals surface area (Å²) in [6, 6.07) is 0. The Bertz CT molecular complexity index is 353. The van der Waals surface area contributed by atoms with E-state index in [0.717, 1.165) is 0 Å². The quantitative estimate of drug-likeness (QED) is 0.268. The molecule has 10 nitrogen and oxygen atoms in total. The Labute approximate surface area is 126 Å². The molecule has 0 aromatic heterocycles. The van der Waals surface area contributed by atoms with Crippen LogP contribution in [-0.2, 0) is 14.2 Å². The van der Waals surface area contributed by atoms with Crippen molar-refractivity contribution in [2.45, 2.75) is 61.7 Å². The van der Waals surface area contributed by atoms with Crippen LogP contribution in [0.25, 0.3) is 0 Å². The van der Waals surface area contributed by atoms with Gasteiger partial charge >= 0.3 is 0 Å². The molecule has 0 unspecified atom stereocenters. The van der Waals surface area contributed by atoms with Crippen molar-refractivity contribution in [3.8, 4) is 0 Å². The molecule has 2 aliphatic rings. The first-order chi connectivity index (χ1) is 10.3. The first kappa shape index (κ1) is 17.9. The summed E-state index contributed by atoms with van der Waals surface area (Å²) in [5.41, 5.74) is 0. The molecule has 0 aliphatic carbocycles. The van der Waals surface area contributed by atoms with Gasteiger partial charge in [0.05, 0.1) is 19.3 Å². The third kappa shape index (κ3) is 3.74. The predicted octanol–water partition coefficient (Wildman–Crippen LogP) is -4.37. The zero-order valence-electron chi connectivity index (χ0n) is 11.7. The fourth-order valence-electron chi connectivity index (χ4n) is 2.46. The van der Waals surface area contributed by atoms with Crippen LogP contribution in [0, 0.1) is 0 Å². The van der Waals surface area contributed by atoms with Crippen molar-refractivity contribution in [1.82, 2.24) is 0 Å². The molecular formula is C12H22O10. The Kier molecular flexibility index (Phi) is 6.07.